The van der Waals surface area contributed by atoms with Crippen molar-refractivity contribution < 1.29 is 18.7 Å². The second kappa shape index (κ2) is 6.64. The topological polar surface area (TPSA) is 80.3 Å². The molecule has 2 aromatic rings. The molecule has 1 aromatic heterocycles. The van der Waals surface area contributed by atoms with Crippen LogP contribution in [0.15, 0.2) is 30.6 Å². The van der Waals surface area contributed by atoms with E-state index in [1.807, 2.05) is 0 Å². The van der Waals surface area contributed by atoms with Crippen LogP contribution in [-0.2, 0) is 9.53 Å². The van der Waals surface area contributed by atoms with E-state index in [1.54, 1.807) is 18.5 Å². The van der Waals surface area contributed by atoms with Crippen molar-refractivity contribution in [1.29, 1.82) is 0 Å². The molecule has 2 fully saturated rings. The number of amides is 1. The van der Waals surface area contributed by atoms with Crippen LogP contribution in [0.4, 0.5) is 4.39 Å². The molecule has 0 saturated carbocycles. The van der Waals surface area contributed by atoms with Gasteiger partial charge in [0.25, 0.3) is 5.91 Å². The van der Waals surface area contributed by atoms with Gasteiger partial charge < -0.3 is 15.4 Å². The van der Waals surface area contributed by atoms with Gasteiger partial charge in [-0.15, -0.1) is 0 Å². The molecule has 1 atom stereocenters. The summed E-state index contributed by atoms with van der Waals surface area (Å²) in [6, 6.07) is 4.54. The molecule has 1 aromatic carbocycles. The summed E-state index contributed by atoms with van der Waals surface area (Å²) in [6.07, 6.45) is 4.89. The Hall–Kier alpha value is -2.54. The Morgan fingerprint density at radius 3 is 2.96 bits per heavy atom. The number of piperidine rings is 1. The van der Waals surface area contributed by atoms with Gasteiger partial charge in [0.2, 0.25) is 0 Å². The van der Waals surface area contributed by atoms with Crippen molar-refractivity contribution in [2.75, 3.05) is 19.6 Å². The molecule has 1 amide bonds. The molecule has 1 spiro atoms. The summed E-state index contributed by atoms with van der Waals surface area (Å²) < 4.78 is 19.7. The molecule has 0 aliphatic carbocycles. The molecule has 2 aliphatic rings. The Balaban J connectivity index is 1.43. The lowest BCUT2D eigenvalue weighted by Crippen LogP contribution is -2.39. The number of fused-ring (bicyclic) bond motifs is 1. The number of hydrogen-bond donors (Lipinski definition) is 2. The van der Waals surface area contributed by atoms with E-state index >= 15 is 0 Å². The predicted octanol–water partition coefficient (Wildman–Crippen LogP) is 1.79. The number of pyridine rings is 1. The number of carbonyl (C=O) groups is 2. The Kier molecular flexibility index (Phi) is 4.32. The maximum Gasteiger partial charge on any atom is 0.312 e. The van der Waals surface area contributed by atoms with Gasteiger partial charge in [0, 0.05) is 24.2 Å². The zero-order valence-electron chi connectivity index (χ0n) is 14.3. The van der Waals surface area contributed by atoms with Crippen molar-refractivity contribution >= 4 is 22.6 Å². The number of nitrogens with zero attached hydrogens (tertiary/aromatic N) is 1. The maximum atomic E-state index is 14.2. The normalized spacial score (nSPS) is 21.7. The first-order chi connectivity index (χ1) is 12.6. The number of aromatic nitrogens is 1. The third kappa shape index (κ3) is 3.03. The number of benzene rings is 1. The highest BCUT2D eigenvalue weighted by atomic mass is 19.1. The van der Waals surface area contributed by atoms with Gasteiger partial charge in [-0.25, -0.2) is 4.39 Å². The number of nitrogens with one attached hydrogen (secondary N) is 2. The average Bonchev–Trinajstić information content (AvgIpc) is 2.94. The van der Waals surface area contributed by atoms with Crippen molar-refractivity contribution in [3.8, 4) is 0 Å². The highest BCUT2D eigenvalue weighted by molar-refractivity contribution is 5.98. The van der Waals surface area contributed by atoms with E-state index < -0.39 is 17.1 Å². The van der Waals surface area contributed by atoms with Crippen molar-refractivity contribution in [2.24, 2.45) is 5.41 Å². The Bertz CT molecular complexity index is 864. The van der Waals surface area contributed by atoms with Gasteiger partial charge in [-0.1, -0.05) is 0 Å². The number of hydrogen-bond acceptors (Lipinski definition) is 5. The first-order valence-electron chi connectivity index (χ1n) is 8.81. The molecule has 2 saturated heterocycles. The monoisotopic (exact) mass is 357 g/mol. The van der Waals surface area contributed by atoms with Crippen LogP contribution < -0.4 is 10.6 Å². The molecule has 0 radical (unpaired) electrons. The average molecular weight is 357 g/mol. The number of halogens is 1. The molecular weight excluding hydrogens is 337 g/mol. The number of esters is 1. The molecule has 0 bridgehead atoms. The minimum Gasteiger partial charge on any atom is -0.460 e. The quantitative estimate of drug-likeness (QED) is 0.819. The van der Waals surface area contributed by atoms with Crippen molar-refractivity contribution in [2.45, 2.75) is 25.4 Å². The third-order valence-electron chi connectivity index (χ3n) is 5.35. The second-order valence-electron chi connectivity index (χ2n) is 7.03. The Labute approximate surface area is 150 Å². The molecule has 1 unspecified atom stereocenters. The summed E-state index contributed by atoms with van der Waals surface area (Å²) >= 11 is 0. The van der Waals surface area contributed by atoms with Gasteiger partial charge in [0.15, 0.2) is 0 Å². The van der Waals surface area contributed by atoms with Crippen LogP contribution in [-0.4, -0.2) is 42.6 Å². The van der Waals surface area contributed by atoms with Crippen LogP contribution in [0.25, 0.3) is 10.8 Å². The van der Waals surface area contributed by atoms with E-state index in [4.69, 9.17) is 4.74 Å². The van der Waals surface area contributed by atoms with Crippen LogP contribution in [0, 0.1) is 11.2 Å². The van der Waals surface area contributed by atoms with Crippen molar-refractivity contribution in [1.82, 2.24) is 15.6 Å². The highest BCUT2D eigenvalue weighted by Gasteiger charge is 2.49. The fourth-order valence-electron chi connectivity index (χ4n) is 3.85. The fraction of sp³-hybridized carbons (Fsp3) is 0.421. The molecular formula is C19H20FN3O3. The van der Waals surface area contributed by atoms with Crippen molar-refractivity contribution in [3.05, 3.63) is 42.0 Å². The first-order valence-corrected chi connectivity index (χ1v) is 8.81. The van der Waals surface area contributed by atoms with E-state index in [1.165, 1.54) is 12.1 Å². The van der Waals surface area contributed by atoms with Crippen LogP contribution in [0.2, 0.25) is 0 Å². The smallest absolute Gasteiger partial charge is 0.312 e. The Morgan fingerprint density at radius 2 is 2.15 bits per heavy atom. The van der Waals surface area contributed by atoms with Gasteiger partial charge in [0.05, 0.1) is 17.5 Å². The first kappa shape index (κ1) is 16.9. The van der Waals surface area contributed by atoms with E-state index in [2.05, 4.69) is 15.6 Å². The summed E-state index contributed by atoms with van der Waals surface area (Å²) in [5.74, 6) is -1.28. The molecule has 136 valence electrons. The van der Waals surface area contributed by atoms with Crippen LogP contribution in [0.5, 0.6) is 0 Å². The summed E-state index contributed by atoms with van der Waals surface area (Å²) in [4.78, 5) is 28.6. The van der Waals surface area contributed by atoms with Gasteiger partial charge in [-0.3, -0.25) is 14.6 Å². The molecule has 4 rings (SSSR count). The molecule has 2 N–H and O–H groups in total. The van der Waals surface area contributed by atoms with E-state index in [0.29, 0.717) is 11.8 Å². The lowest BCUT2D eigenvalue weighted by atomic mass is 9.76. The number of cyclic esters (lactones) is 1. The molecule has 7 heteroatoms. The van der Waals surface area contributed by atoms with Gasteiger partial charge >= 0.3 is 5.97 Å². The van der Waals surface area contributed by atoms with E-state index in [-0.39, 0.29) is 24.2 Å². The van der Waals surface area contributed by atoms with Crippen LogP contribution in [0.1, 0.15) is 29.6 Å². The second-order valence-corrected chi connectivity index (χ2v) is 7.03. The van der Waals surface area contributed by atoms with Gasteiger partial charge in [-0.05, 0) is 49.5 Å². The molecule has 2 aliphatic heterocycles. The maximum absolute atomic E-state index is 14.2. The third-order valence-corrected chi connectivity index (χ3v) is 5.35. The molecule has 6 nitrogen and oxygen atoms in total. The number of ether oxygens (including phenoxy) is 1. The lowest BCUT2D eigenvalue weighted by Gasteiger charge is -2.29. The largest absolute Gasteiger partial charge is 0.460 e. The summed E-state index contributed by atoms with van der Waals surface area (Å²) in [5, 5.41) is 7.32. The standard InChI is InChI=1S/C19H20FN3O3/c20-16-8-13-10-22-4-1-12(13)7-15(16)17(24)23-11-14-9-19(18(25)26-14)2-5-21-6-3-19/h1,4,7-8,10,14,21H,2-3,5-6,9,11H2,(H,23,24). The van der Waals surface area contributed by atoms with E-state index in [9.17, 15) is 14.0 Å². The zero-order chi connectivity index (χ0) is 18.1. The van der Waals surface area contributed by atoms with Crippen LogP contribution >= 0.6 is 0 Å². The number of carbonyl (C=O) groups excluding carboxylic acids is 2. The van der Waals surface area contributed by atoms with Crippen molar-refractivity contribution in [3.63, 3.8) is 0 Å². The minimum atomic E-state index is -0.596. The predicted molar refractivity (Wildman–Crippen MR) is 93.1 cm³/mol. The summed E-state index contributed by atoms with van der Waals surface area (Å²) in [5.41, 5.74) is -0.452. The highest BCUT2D eigenvalue weighted by Crippen LogP contribution is 2.41. The Morgan fingerprint density at radius 1 is 1.35 bits per heavy atom. The van der Waals surface area contributed by atoms with E-state index in [0.717, 1.165) is 31.3 Å². The minimum absolute atomic E-state index is 0.0235. The summed E-state index contributed by atoms with van der Waals surface area (Å²) in [7, 11) is 0. The van der Waals surface area contributed by atoms with Gasteiger partial charge in [-0.2, -0.15) is 0 Å². The SMILES string of the molecule is O=C(NCC1CC2(CCNCC2)C(=O)O1)c1cc2ccncc2cc1F. The molecule has 26 heavy (non-hydrogen) atoms. The lowest BCUT2D eigenvalue weighted by molar-refractivity contribution is -0.149. The number of rotatable bonds is 3. The van der Waals surface area contributed by atoms with Gasteiger partial charge in [0.1, 0.15) is 11.9 Å². The zero-order valence-corrected chi connectivity index (χ0v) is 14.3. The fourth-order valence-corrected chi connectivity index (χ4v) is 3.85. The summed E-state index contributed by atoms with van der Waals surface area (Å²) in [6.45, 7) is 1.78. The van der Waals surface area contributed by atoms with Crippen LogP contribution in [0.3, 0.4) is 0 Å². The molecule has 3 heterocycles.